The third kappa shape index (κ3) is 3.64. The third-order valence-electron chi connectivity index (χ3n) is 3.66. The van der Waals surface area contributed by atoms with E-state index in [1.165, 1.54) is 7.11 Å². The zero-order valence-electron chi connectivity index (χ0n) is 12.7. The number of hydrogen-bond acceptors (Lipinski definition) is 4. The number of nitrogens with two attached hydrogens (primary N) is 1. The second-order valence-electron chi connectivity index (χ2n) is 5.04. The first-order valence-electron chi connectivity index (χ1n) is 6.98. The summed E-state index contributed by atoms with van der Waals surface area (Å²) in [5, 5.41) is 10.2. The number of methoxy groups -OCH3 is 2. The molecule has 0 amide bonds. The van der Waals surface area contributed by atoms with E-state index in [-0.39, 0.29) is 11.7 Å². The lowest BCUT2D eigenvalue weighted by Crippen LogP contribution is -2.15. The first-order valence-corrected chi connectivity index (χ1v) is 7.36. The van der Waals surface area contributed by atoms with Gasteiger partial charge in [0.2, 0.25) is 0 Å². The predicted molar refractivity (Wildman–Crippen MR) is 88.2 cm³/mol. The van der Waals surface area contributed by atoms with E-state index in [9.17, 15) is 5.11 Å². The molecular formula is C17H20ClNO3. The molecule has 1 atom stereocenters. The molecule has 2 aromatic carbocycles. The summed E-state index contributed by atoms with van der Waals surface area (Å²) in [4.78, 5) is 0. The van der Waals surface area contributed by atoms with Crippen molar-refractivity contribution in [1.82, 2.24) is 0 Å². The van der Waals surface area contributed by atoms with Gasteiger partial charge in [-0.1, -0.05) is 23.7 Å². The van der Waals surface area contributed by atoms with Crippen molar-refractivity contribution in [1.29, 1.82) is 0 Å². The van der Waals surface area contributed by atoms with Gasteiger partial charge in [0.25, 0.3) is 0 Å². The number of benzene rings is 2. The monoisotopic (exact) mass is 321 g/mol. The molecule has 0 aliphatic heterocycles. The molecule has 0 radical (unpaired) electrons. The molecule has 118 valence electrons. The predicted octanol–water partition coefficient (Wildman–Crippen LogP) is 3.35. The highest BCUT2D eigenvalue weighted by atomic mass is 35.5. The van der Waals surface area contributed by atoms with Crippen molar-refractivity contribution < 1.29 is 14.6 Å². The van der Waals surface area contributed by atoms with E-state index >= 15 is 0 Å². The highest BCUT2D eigenvalue weighted by Crippen LogP contribution is 2.32. The van der Waals surface area contributed by atoms with Crippen LogP contribution in [0.15, 0.2) is 36.4 Å². The van der Waals surface area contributed by atoms with Crippen LogP contribution in [0.1, 0.15) is 17.0 Å². The van der Waals surface area contributed by atoms with E-state index in [0.29, 0.717) is 23.1 Å². The Morgan fingerprint density at radius 2 is 1.82 bits per heavy atom. The summed E-state index contributed by atoms with van der Waals surface area (Å²) in [5.74, 6) is 1.36. The summed E-state index contributed by atoms with van der Waals surface area (Å²) in [6.07, 6.45) is 0.732. The Morgan fingerprint density at radius 1 is 1.09 bits per heavy atom. The molecule has 4 nitrogen and oxygen atoms in total. The highest BCUT2D eigenvalue weighted by molar-refractivity contribution is 6.32. The van der Waals surface area contributed by atoms with Crippen LogP contribution in [-0.4, -0.2) is 25.9 Å². The Kier molecular flexibility index (Phi) is 5.52. The minimum atomic E-state index is 0.123. The van der Waals surface area contributed by atoms with Gasteiger partial charge in [0.1, 0.15) is 5.75 Å². The molecule has 5 heteroatoms. The molecule has 0 fully saturated rings. The molecule has 2 aromatic rings. The van der Waals surface area contributed by atoms with Crippen LogP contribution in [0.2, 0.25) is 5.02 Å². The van der Waals surface area contributed by atoms with Gasteiger partial charge < -0.3 is 20.3 Å². The molecule has 22 heavy (non-hydrogen) atoms. The van der Waals surface area contributed by atoms with Crippen molar-refractivity contribution in [3.63, 3.8) is 0 Å². The van der Waals surface area contributed by atoms with E-state index in [1.807, 2.05) is 30.3 Å². The van der Waals surface area contributed by atoms with Gasteiger partial charge in [0, 0.05) is 5.92 Å². The van der Waals surface area contributed by atoms with Gasteiger partial charge in [0.15, 0.2) is 11.5 Å². The lowest BCUT2D eigenvalue weighted by Gasteiger charge is -2.17. The summed E-state index contributed by atoms with van der Waals surface area (Å²) in [7, 11) is 3.12. The van der Waals surface area contributed by atoms with Crippen molar-refractivity contribution in [2.45, 2.75) is 12.3 Å². The average Bonchev–Trinajstić information content (AvgIpc) is 2.54. The molecule has 0 aliphatic rings. The van der Waals surface area contributed by atoms with Gasteiger partial charge in [0.05, 0.1) is 19.2 Å². The van der Waals surface area contributed by atoms with Crippen LogP contribution in [0.25, 0.3) is 0 Å². The van der Waals surface area contributed by atoms with E-state index < -0.39 is 0 Å². The minimum absolute atomic E-state index is 0.123. The topological polar surface area (TPSA) is 64.7 Å². The van der Waals surface area contributed by atoms with Gasteiger partial charge in [-0.3, -0.25) is 0 Å². The maximum atomic E-state index is 9.66. The minimum Gasteiger partial charge on any atom is -0.504 e. The Balaban J connectivity index is 2.23. The van der Waals surface area contributed by atoms with E-state index in [0.717, 1.165) is 17.5 Å². The maximum absolute atomic E-state index is 9.66. The van der Waals surface area contributed by atoms with E-state index in [1.54, 1.807) is 13.2 Å². The fraction of sp³-hybridized carbons (Fsp3) is 0.294. The molecule has 0 aliphatic carbocycles. The Hall–Kier alpha value is -1.91. The van der Waals surface area contributed by atoms with Gasteiger partial charge in [-0.25, -0.2) is 0 Å². The number of phenols is 1. The van der Waals surface area contributed by atoms with Crippen molar-refractivity contribution >= 4 is 11.6 Å². The smallest absolute Gasteiger partial charge is 0.160 e. The Bertz CT molecular complexity index is 646. The SMILES string of the molecule is COc1cc(CC(CN)c2ccc(OC)c(Cl)c2)ccc1O. The molecule has 1 unspecified atom stereocenters. The second kappa shape index (κ2) is 7.38. The molecule has 2 rings (SSSR count). The van der Waals surface area contributed by atoms with Crippen LogP contribution < -0.4 is 15.2 Å². The normalized spacial score (nSPS) is 12.0. The fourth-order valence-corrected chi connectivity index (χ4v) is 2.67. The Morgan fingerprint density at radius 3 is 2.41 bits per heavy atom. The van der Waals surface area contributed by atoms with Gasteiger partial charge in [-0.2, -0.15) is 0 Å². The number of aromatic hydroxyl groups is 1. The summed E-state index contributed by atoms with van der Waals surface area (Å²) in [5.41, 5.74) is 8.01. The molecule has 0 spiro atoms. The largest absolute Gasteiger partial charge is 0.504 e. The zero-order chi connectivity index (χ0) is 16.1. The zero-order valence-corrected chi connectivity index (χ0v) is 13.4. The molecule has 0 aromatic heterocycles. The second-order valence-corrected chi connectivity index (χ2v) is 5.44. The van der Waals surface area contributed by atoms with Crippen LogP contribution in [0.5, 0.6) is 17.2 Å². The lowest BCUT2D eigenvalue weighted by molar-refractivity contribution is 0.373. The van der Waals surface area contributed by atoms with E-state index in [4.69, 9.17) is 26.8 Å². The van der Waals surface area contributed by atoms with Crippen molar-refractivity contribution in [3.05, 3.63) is 52.5 Å². The quantitative estimate of drug-likeness (QED) is 0.856. The van der Waals surface area contributed by atoms with Crippen molar-refractivity contribution in [2.75, 3.05) is 20.8 Å². The molecule has 0 saturated heterocycles. The first kappa shape index (κ1) is 16.5. The third-order valence-corrected chi connectivity index (χ3v) is 3.95. The molecule has 0 heterocycles. The summed E-state index contributed by atoms with van der Waals surface area (Å²) in [6, 6.07) is 11.0. The van der Waals surface area contributed by atoms with Gasteiger partial charge >= 0.3 is 0 Å². The standard InChI is InChI=1S/C17H20ClNO3/c1-21-16-6-4-12(9-14(16)18)13(10-19)7-11-3-5-15(20)17(8-11)22-2/h3-6,8-9,13,20H,7,10,19H2,1-2H3. The maximum Gasteiger partial charge on any atom is 0.160 e. The fourth-order valence-electron chi connectivity index (χ4n) is 2.41. The highest BCUT2D eigenvalue weighted by Gasteiger charge is 2.14. The van der Waals surface area contributed by atoms with Gasteiger partial charge in [-0.15, -0.1) is 0 Å². The van der Waals surface area contributed by atoms with Gasteiger partial charge in [-0.05, 0) is 48.4 Å². The lowest BCUT2D eigenvalue weighted by atomic mass is 9.92. The van der Waals surface area contributed by atoms with E-state index in [2.05, 4.69) is 0 Å². The molecular weight excluding hydrogens is 302 g/mol. The molecule has 0 bridgehead atoms. The Labute approximate surface area is 135 Å². The van der Waals surface area contributed by atoms with Crippen LogP contribution in [0.3, 0.4) is 0 Å². The number of phenolic OH excluding ortho intramolecular Hbond substituents is 1. The average molecular weight is 322 g/mol. The van der Waals surface area contributed by atoms with Crippen LogP contribution in [0, 0.1) is 0 Å². The number of halogens is 1. The van der Waals surface area contributed by atoms with Crippen LogP contribution in [-0.2, 0) is 6.42 Å². The van der Waals surface area contributed by atoms with Crippen LogP contribution >= 0.6 is 11.6 Å². The first-order chi connectivity index (χ1) is 10.6. The van der Waals surface area contributed by atoms with Crippen LogP contribution in [0.4, 0.5) is 0 Å². The summed E-state index contributed by atoms with van der Waals surface area (Å²) >= 11 is 6.18. The number of ether oxygens (including phenoxy) is 2. The molecule has 0 saturated carbocycles. The van der Waals surface area contributed by atoms with Crippen molar-refractivity contribution in [2.24, 2.45) is 5.73 Å². The summed E-state index contributed by atoms with van der Waals surface area (Å²) in [6.45, 7) is 0.492. The van der Waals surface area contributed by atoms with Crippen molar-refractivity contribution in [3.8, 4) is 17.2 Å². The number of rotatable bonds is 6. The number of hydrogen-bond donors (Lipinski definition) is 2. The molecule has 3 N–H and O–H groups in total. The summed E-state index contributed by atoms with van der Waals surface area (Å²) < 4.78 is 10.3.